The highest BCUT2D eigenvalue weighted by Crippen LogP contribution is 2.49. The van der Waals surface area contributed by atoms with Gasteiger partial charge in [0.15, 0.2) is 0 Å². The third kappa shape index (κ3) is 8.23. The molecule has 302 valence electrons. The summed E-state index contributed by atoms with van der Waals surface area (Å²) in [5, 5.41) is -0.0203. The molecule has 2 aliphatic carbocycles. The summed E-state index contributed by atoms with van der Waals surface area (Å²) in [4.78, 5) is 21.4. The SMILES string of the molecule is CCO[C@@]1(CN2CCN(C(CC)CC)CC2)/C=C/C[C@H](C)[C@@H](C)S(=O)(=O)NC(=O)c2ccc3c(c2)N(C[C@@H]2CC[C@H]21)C[C@@]1(CCCc2cc(Cl)ccc21)CO3. The number of fused-ring (bicyclic) bond motifs is 4. The summed E-state index contributed by atoms with van der Waals surface area (Å²) in [7, 11) is -3.96. The molecule has 2 aromatic rings. The van der Waals surface area contributed by atoms with Crippen LogP contribution in [0.25, 0.3) is 0 Å². The van der Waals surface area contributed by atoms with Crippen LogP contribution < -0.4 is 14.4 Å². The van der Waals surface area contributed by atoms with Crippen molar-refractivity contribution in [3.63, 3.8) is 0 Å². The lowest BCUT2D eigenvalue weighted by Gasteiger charge is -2.53. The number of ether oxygens (including phenoxy) is 2. The fourth-order valence-electron chi connectivity index (χ4n) is 10.4. The zero-order valence-electron chi connectivity index (χ0n) is 33.7. The van der Waals surface area contributed by atoms with Crippen LogP contribution in [0.2, 0.25) is 5.02 Å². The number of benzene rings is 2. The van der Waals surface area contributed by atoms with E-state index in [1.165, 1.54) is 24.0 Å². The minimum absolute atomic E-state index is 0.213. The van der Waals surface area contributed by atoms with Crippen LogP contribution in [0.15, 0.2) is 48.6 Å². The smallest absolute Gasteiger partial charge is 0.264 e. The summed E-state index contributed by atoms with van der Waals surface area (Å²) >= 11 is 6.53. The Hall–Kier alpha value is -2.63. The van der Waals surface area contributed by atoms with Gasteiger partial charge < -0.3 is 14.4 Å². The number of aryl methyl sites for hydroxylation is 1. The number of hydrogen-bond acceptors (Lipinski definition) is 8. The molecule has 0 radical (unpaired) electrons. The van der Waals surface area contributed by atoms with E-state index in [9.17, 15) is 13.2 Å². The highest BCUT2D eigenvalue weighted by atomic mass is 35.5. The number of carbonyl (C=O) groups is 1. The normalized spacial score (nSPS) is 32.1. The summed E-state index contributed by atoms with van der Waals surface area (Å²) in [6, 6.07) is 12.3. The average Bonchev–Trinajstić information content (AvgIpc) is 3.30. The van der Waals surface area contributed by atoms with E-state index in [1.807, 2.05) is 25.1 Å². The predicted molar refractivity (Wildman–Crippen MR) is 222 cm³/mol. The highest BCUT2D eigenvalue weighted by Gasteiger charge is 2.50. The van der Waals surface area contributed by atoms with E-state index < -0.39 is 26.8 Å². The number of rotatable bonds is 7. The second kappa shape index (κ2) is 16.7. The Labute approximate surface area is 335 Å². The van der Waals surface area contributed by atoms with E-state index in [1.54, 1.807) is 13.0 Å². The first-order chi connectivity index (χ1) is 26.4. The van der Waals surface area contributed by atoms with E-state index in [2.05, 4.69) is 64.5 Å². The molecule has 7 rings (SSSR count). The predicted octanol–water partition coefficient (Wildman–Crippen LogP) is 7.46. The standard InChI is InChI=1S/C44H63ClN4O5S/c1-6-37(7-2)48-23-21-47(22-24-48)29-44(54-8-3)20-9-11-31(4)32(5)55(51,52)46-42(50)34-14-18-41-40(26-34)49(27-35-13-16-39(35)44)28-43(30-53-41)19-10-12-33-25-36(45)15-17-38(33)43/h9,14-15,17-18,20,25-26,31-32,35,37,39H,6-8,10-13,16,19,21-24,27-30H2,1-5H3,(H,46,50)/b20-9+/t31-,32+,35-,39+,43-,44+/m0/s1. The molecule has 0 unspecified atom stereocenters. The first kappa shape index (κ1) is 40.6. The van der Waals surface area contributed by atoms with Gasteiger partial charge in [-0.15, -0.1) is 0 Å². The molecule has 55 heavy (non-hydrogen) atoms. The zero-order valence-corrected chi connectivity index (χ0v) is 35.3. The molecule has 3 aliphatic heterocycles. The van der Waals surface area contributed by atoms with Crippen molar-refractivity contribution < 1.29 is 22.7 Å². The summed E-state index contributed by atoms with van der Waals surface area (Å²) in [5.74, 6) is 0.526. The van der Waals surface area contributed by atoms with Gasteiger partial charge in [0.05, 0.1) is 17.5 Å². The molecule has 9 nitrogen and oxygen atoms in total. The minimum atomic E-state index is -3.96. The van der Waals surface area contributed by atoms with E-state index in [0.29, 0.717) is 37.2 Å². The quantitative estimate of drug-likeness (QED) is 0.289. The zero-order chi connectivity index (χ0) is 39.0. The Bertz CT molecular complexity index is 1830. The lowest BCUT2D eigenvalue weighted by molar-refractivity contribution is -0.113. The number of piperazine rings is 1. The number of halogens is 1. The van der Waals surface area contributed by atoms with Crippen molar-refractivity contribution in [2.75, 3.05) is 63.9 Å². The molecule has 2 aromatic carbocycles. The number of anilines is 1. The summed E-state index contributed by atoms with van der Waals surface area (Å²) in [6.45, 7) is 17.9. The van der Waals surface area contributed by atoms with Crippen LogP contribution in [0, 0.1) is 17.8 Å². The van der Waals surface area contributed by atoms with Crippen molar-refractivity contribution in [2.45, 2.75) is 108 Å². The van der Waals surface area contributed by atoms with Gasteiger partial charge >= 0.3 is 0 Å². The van der Waals surface area contributed by atoms with Gasteiger partial charge in [-0.2, -0.15) is 0 Å². The molecule has 3 heterocycles. The largest absolute Gasteiger partial charge is 0.490 e. The number of nitrogens with zero attached hydrogens (tertiary/aromatic N) is 3. The first-order valence-electron chi connectivity index (χ1n) is 21.1. The minimum Gasteiger partial charge on any atom is -0.490 e. The van der Waals surface area contributed by atoms with Crippen molar-refractivity contribution in [2.24, 2.45) is 17.8 Å². The maximum atomic E-state index is 13.7. The number of hydrogen-bond donors (Lipinski definition) is 1. The van der Waals surface area contributed by atoms with Gasteiger partial charge in [-0.3, -0.25) is 14.6 Å². The summed E-state index contributed by atoms with van der Waals surface area (Å²) in [5.41, 5.74) is 2.95. The van der Waals surface area contributed by atoms with E-state index in [0.717, 1.165) is 94.4 Å². The summed E-state index contributed by atoms with van der Waals surface area (Å²) < 4.78 is 43.5. The van der Waals surface area contributed by atoms with E-state index in [-0.39, 0.29) is 17.3 Å². The number of carbonyl (C=O) groups excluding carboxylic acids is 1. The van der Waals surface area contributed by atoms with Crippen LogP contribution in [0.3, 0.4) is 0 Å². The number of allylic oxidation sites excluding steroid dienone is 1. The van der Waals surface area contributed by atoms with Crippen molar-refractivity contribution in [1.29, 1.82) is 0 Å². The first-order valence-corrected chi connectivity index (χ1v) is 23.0. The molecule has 1 saturated heterocycles. The molecule has 1 N–H and O–H groups in total. The van der Waals surface area contributed by atoms with Gasteiger partial charge in [-0.05, 0) is 124 Å². The number of sulfonamides is 1. The molecule has 0 aromatic heterocycles. The number of amides is 1. The highest BCUT2D eigenvalue weighted by molar-refractivity contribution is 7.90. The van der Waals surface area contributed by atoms with Crippen molar-refractivity contribution >= 4 is 33.2 Å². The van der Waals surface area contributed by atoms with Gasteiger partial charge in [-0.1, -0.05) is 50.6 Å². The Morgan fingerprint density at radius 2 is 1.82 bits per heavy atom. The third-order valence-corrected chi connectivity index (χ3v) is 16.1. The second-order valence-electron chi connectivity index (χ2n) is 17.2. The van der Waals surface area contributed by atoms with Crippen molar-refractivity contribution in [1.82, 2.24) is 14.5 Å². The van der Waals surface area contributed by atoms with Crippen LogP contribution in [-0.2, 0) is 26.6 Å². The molecule has 6 atom stereocenters. The van der Waals surface area contributed by atoms with Crippen molar-refractivity contribution in [3.05, 3.63) is 70.3 Å². The lowest BCUT2D eigenvalue weighted by atomic mass is 9.63. The van der Waals surface area contributed by atoms with Crippen LogP contribution in [-0.4, -0.2) is 100 Å². The van der Waals surface area contributed by atoms with E-state index >= 15 is 0 Å². The Morgan fingerprint density at radius 1 is 1.04 bits per heavy atom. The Balaban J connectivity index is 1.28. The van der Waals surface area contributed by atoms with Crippen LogP contribution >= 0.6 is 11.6 Å². The molecule has 2 bridgehead atoms. The number of nitrogens with one attached hydrogen (secondary N) is 1. The molecule has 1 saturated carbocycles. The van der Waals surface area contributed by atoms with Gasteiger partial charge in [0, 0.05) is 74.5 Å². The van der Waals surface area contributed by atoms with Gasteiger partial charge in [0.1, 0.15) is 11.4 Å². The maximum Gasteiger partial charge on any atom is 0.264 e. The van der Waals surface area contributed by atoms with Crippen molar-refractivity contribution in [3.8, 4) is 5.75 Å². The van der Waals surface area contributed by atoms with Gasteiger partial charge in [0.25, 0.3) is 5.91 Å². The molecule has 11 heteroatoms. The molecular weight excluding hydrogens is 732 g/mol. The molecule has 1 spiro atoms. The lowest BCUT2D eigenvalue weighted by Crippen LogP contribution is -2.60. The van der Waals surface area contributed by atoms with Gasteiger partial charge in [-0.25, -0.2) is 13.1 Å². The van der Waals surface area contributed by atoms with Crippen LogP contribution in [0.4, 0.5) is 5.69 Å². The third-order valence-electron chi connectivity index (χ3n) is 14.0. The van der Waals surface area contributed by atoms with E-state index in [4.69, 9.17) is 21.1 Å². The Kier molecular flexibility index (Phi) is 12.3. The molecule has 5 aliphatic rings. The molecular formula is C44H63ClN4O5S. The fourth-order valence-corrected chi connectivity index (χ4v) is 11.9. The topological polar surface area (TPSA) is 91.4 Å². The maximum absolute atomic E-state index is 13.7. The molecule has 2 fully saturated rings. The van der Waals surface area contributed by atoms with Gasteiger partial charge in [0.2, 0.25) is 10.0 Å². The second-order valence-corrected chi connectivity index (χ2v) is 19.7. The fraction of sp³-hybridized carbons (Fsp3) is 0.659. The van der Waals surface area contributed by atoms with Crippen LogP contribution in [0.5, 0.6) is 5.75 Å². The average molecular weight is 796 g/mol. The summed E-state index contributed by atoms with van der Waals surface area (Å²) in [6.07, 6.45) is 12.6. The Morgan fingerprint density at radius 3 is 2.53 bits per heavy atom. The van der Waals surface area contributed by atoms with Crippen LogP contribution in [0.1, 0.15) is 101 Å². The monoisotopic (exact) mass is 794 g/mol. The molecule has 1 amide bonds.